The number of aryl methyl sites for hydroxylation is 1. The number of halogens is 1. The molecule has 0 fully saturated rings. The van der Waals surface area contributed by atoms with Gasteiger partial charge in [-0.2, -0.15) is 4.98 Å². The van der Waals surface area contributed by atoms with Crippen molar-refractivity contribution in [3.05, 3.63) is 39.2 Å². The van der Waals surface area contributed by atoms with Crippen LogP contribution in [0.4, 0.5) is 5.82 Å². The summed E-state index contributed by atoms with van der Waals surface area (Å²) in [6, 6.07) is 7.78. The summed E-state index contributed by atoms with van der Waals surface area (Å²) in [5.74, 6) is 2.44. The summed E-state index contributed by atoms with van der Waals surface area (Å²) in [5.41, 5.74) is 6.61. The van der Waals surface area contributed by atoms with Gasteiger partial charge in [0, 0.05) is 9.99 Å². The van der Waals surface area contributed by atoms with E-state index in [0.29, 0.717) is 17.5 Å². The Morgan fingerprint density at radius 1 is 1.22 bits per heavy atom. The van der Waals surface area contributed by atoms with Crippen molar-refractivity contribution in [3.63, 3.8) is 0 Å². The molecular weight excluding hydrogens is 341 g/mol. The summed E-state index contributed by atoms with van der Waals surface area (Å²) in [6.45, 7) is 3.84. The van der Waals surface area contributed by atoms with Crippen molar-refractivity contribution in [3.8, 4) is 11.6 Å². The minimum absolute atomic E-state index is 0.474. The predicted octanol–water partition coefficient (Wildman–Crippen LogP) is 3.33. The van der Waals surface area contributed by atoms with Crippen molar-refractivity contribution in [2.24, 2.45) is 0 Å². The van der Waals surface area contributed by atoms with Crippen molar-refractivity contribution in [1.29, 1.82) is 0 Å². The van der Waals surface area contributed by atoms with E-state index in [0.717, 1.165) is 21.3 Å². The van der Waals surface area contributed by atoms with E-state index in [2.05, 4.69) is 32.6 Å². The SMILES string of the molecule is CCc1nc(N)c(C)c(Oc2ccc(I)cc2)n1. The Morgan fingerprint density at radius 3 is 2.50 bits per heavy atom. The quantitative estimate of drug-likeness (QED) is 0.858. The van der Waals surface area contributed by atoms with Gasteiger partial charge >= 0.3 is 0 Å². The standard InChI is InChI=1S/C13H14IN3O/c1-3-11-16-12(15)8(2)13(17-11)18-10-6-4-9(14)5-7-10/h4-7H,3H2,1-2H3,(H2,15,16,17). The third-order valence-electron chi connectivity index (χ3n) is 2.53. The molecule has 1 heterocycles. The lowest BCUT2D eigenvalue weighted by Gasteiger charge is -2.10. The first-order valence-electron chi connectivity index (χ1n) is 5.66. The van der Waals surface area contributed by atoms with E-state index in [1.54, 1.807) is 0 Å². The van der Waals surface area contributed by atoms with Crippen LogP contribution >= 0.6 is 22.6 Å². The van der Waals surface area contributed by atoms with E-state index in [4.69, 9.17) is 10.5 Å². The van der Waals surface area contributed by atoms with Gasteiger partial charge < -0.3 is 10.5 Å². The van der Waals surface area contributed by atoms with Crippen LogP contribution in [0.15, 0.2) is 24.3 Å². The highest BCUT2D eigenvalue weighted by Gasteiger charge is 2.09. The molecule has 1 aromatic carbocycles. The zero-order valence-electron chi connectivity index (χ0n) is 10.3. The molecule has 94 valence electrons. The van der Waals surface area contributed by atoms with Gasteiger partial charge in [0.15, 0.2) is 0 Å². The smallest absolute Gasteiger partial charge is 0.227 e. The number of anilines is 1. The second-order valence-electron chi connectivity index (χ2n) is 3.86. The van der Waals surface area contributed by atoms with Gasteiger partial charge in [0.1, 0.15) is 17.4 Å². The summed E-state index contributed by atoms with van der Waals surface area (Å²) in [5, 5.41) is 0. The summed E-state index contributed by atoms with van der Waals surface area (Å²) in [7, 11) is 0. The highest BCUT2D eigenvalue weighted by molar-refractivity contribution is 14.1. The van der Waals surface area contributed by atoms with Crippen LogP contribution in [0.1, 0.15) is 18.3 Å². The molecule has 2 aromatic rings. The van der Waals surface area contributed by atoms with Crippen molar-refractivity contribution < 1.29 is 4.74 Å². The summed E-state index contributed by atoms with van der Waals surface area (Å²) >= 11 is 2.25. The van der Waals surface area contributed by atoms with E-state index >= 15 is 0 Å². The number of hydrogen-bond donors (Lipinski definition) is 1. The van der Waals surface area contributed by atoms with Gasteiger partial charge in [-0.05, 0) is 53.8 Å². The highest BCUT2D eigenvalue weighted by Crippen LogP contribution is 2.26. The van der Waals surface area contributed by atoms with Crippen LogP contribution in [-0.4, -0.2) is 9.97 Å². The van der Waals surface area contributed by atoms with Crippen LogP contribution in [0.25, 0.3) is 0 Å². The Bertz CT molecular complexity index is 555. The first kappa shape index (κ1) is 13.1. The molecule has 0 atom stereocenters. The van der Waals surface area contributed by atoms with Crippen LogP contribution in [0.3, 0.4) is 0 Å². The fourth-order valence-electron chi connectivity index (χ4n) is 1.43. The van der Waals surface area contributed by atoms with E-state index in [9.17, 15) is 0 Å². The van der Waals surface area contributed by atoms with Gasteiger partial charge in [0.2, 0.25) is 5.88 Å². The zero-order chi connectivity index (χ0) is 13.1. The van der Waals surface area contributed by atoms with Crippen molar-refractivity contribution in [1.82, 2.24) is 9.97 Å². The number of nitrogen functional groups attached to an aromatic ring is 1. The van der Waals surface area contributed by atoms with Crippen LogP contribution in [0.2, 0.25) is 0 Å². The largest absolute Gasteiger partial charge is 0.439 e. The number of benzene rings is 1. The molecule has 5 heteroatoms. The normalized spacial score (nSPS) is 10.4. The molecule has 4 nitrogen and oxygen atoms in total. The Balaban J connectivity index is 2.33. The molecule has 0 aliphatic heterocycles. The molecule has 0 saturated carbocycles. The highest BCUT2D eigenvalue weighted by atomic mass is 127. The first-order valence-corrected chi connectivity index (χ1v) is 6.74. The van der Waals surface area contributed by atoms with Gasteiger partial charge in [-0.3, -0.25) is 0 Å². The van der Waals surface area contributed by atoms with Crippen molar-refractivity contribution in [2.75, 3.05) is 5.73 Å². The lowest BCUT2D eigenvalue weighted by molar-refractivity contribution is 0.455. The Labute approximate surface area is 120 Å². The third-order valence-corrected chi connectivity index (χ3v) is 3.25. The number of nitrogens with two attached hydrogens (primary N) is 1. The fraction of sp³-hybridized carbons (Fsp3) is 0.231. The number of nitrogens with zero attached hydrogens (tertiary/aromatic N) is 2. The van der Waals surface area contributed by atoms with Crippen molar-refractivity contribution in [2.45, 2.75) is 20.3 Å². The minimum atomic E-state index is 0.474. The van der Waals surface area contributed by atoms with Crippen molar-refractivity contribution >= 4 is 28.4 Å². The maximum Gasteiger partial charge on any atom is 0.227 e. The summed E-state index contributed by atoms with van der Waals surface area (Å²) in [6.07, 6.45) is 0.730. The number of ether oxygens (including phenoxy) is 1. The third kappa shape index (κ3) is 2.90. The topological polar surface area (TPSA) is 61.0 Å². The molecule has 1 aromatic heterocycles. The van der Waals surface area contributed by atoms with Crippen LogP contribution in [0, 0.1) is 10.5 Å². The molecule has 2 N–H and O–H groups in total. The lowest BCUT2D eigenvalue weighted by Crippen LogP contribution is -2.04. The Hall–Kier alpha value is -1.37. The second-order valence-corrected chi connectivity index (χ2v) is 5.11. The maximum atomic E-state index is 5.84. The number of rotatable bonds is 3. The monoisotopic (exact) mass is 355 g/mol. The van der Waals surface area contributed by atoms with E-state index in [-0.39, 0.29) is 0 Å². The minimum Gasteiger partial charge on any atom is -0.439 e. The molecule has 0 saturated heterocycles. The van der Waals surface area contributed by atoms with Gasteiger partial charge in [-0.1, -0.05) is 6.92 Å². The number of aromatic nitrogens is 2. The van der Waals surface area contributed by atoms with Gasteiger partial charge in [0.25, 0.3) is 0 Å². The Morgan fingerprint density at radius 2 is 1.89 bits per heavy atom. The molecule has 0 radical (unpaired) electrons. The molecule has 0 aliphatic carbocycles. The van der Waals surface area contributed by atoms with E-state index in [1.807, 2.05) is 38.1 Å². The lowest BCUT2D eigenvalue weighted by atomic mass is 10.3. The average Bonchev–Trinajstić information content (AvgIpc) is 2.37. The van der Waals surface area contributed by atoms with Crippen LogP contribution in [-0.2, 0) is 6.42 Å². The molecular formula is C13H14IN3O. The summed E-state index contributed by atoms with van der Waals surface area (Å²) in [4.78, 5) is 8.55. The van der Waals surface area contributed by atoms with E-state index in [1.165, 1.54) is 0 Å². The molecule has 0 amide bonds. The molecule has 0 unspecified atom stereocenters. The zero-order valence-corrected chi connectivity index (χ0v) is 12.4. The molecule has 2 rings (SSSR count). The van der Waals surface area contributed by atoms with Gasteiger partial charge in [0.05, 0.1) is 5.56 Å². The summed E-state index contributed by atoms with van der Waals surface area (Å²) < 4.78 is 6.91. The second kappa shape index (κ2) is 5.51. The molecule has 18 heavy (non-hydrogen) atoms. The van der Waals surface area contributed by atoms with Crippen LogP contribution in [0.5, 0.6) is 11.6 Å². The van der Waals surface area contributed by atoms with Crippen LogP contribution < -0.4 is 10.5 Å². The van der Waals surface area contributed by atoms with E-state index < -0.39 is 0 Å². The first-order chi connectivity index (χ1) is 8.60. The molecule has 0 bridgehead atoms. The Kier molecular flexibility index (Phi) is 4.00. The maximum absolute atomic E-state index is 5.84. The number of hydrogen-bond acceptors (Lipinski definition) is 4. The molecule has 0 aliphatic rings. The van der Waals surface area contributed by atoms with Gasteiger partial charge in [-0.25, -0.2) is 4.98 Å². The average molecular weight is 355 g/mol. The fourth-order valence-corrected chi connectivity index (χ4v) is 1.79. The molecule has 0 spiro atoms. The predicted molar refractivity (Wildman–Crippen MR) is 79.8 cm³/mol. The van der Waals surface area contributed by atoms with Gasteiger partial charge in [-0.15, -0.1) is 0 Å².